The van der Waals surface area contributed by atoms with Crippen LogP contribution in [0.25, 0.3) is 0 Å². The quantitative estimate of drug-likeness (QED) is 0.868. The Morgan fingerprint density at radius 1 is 1.33 bits per heavy atom. The van der Waals surface area contributed by atoms with Crippen molar-refractivity contribution in [2.24, 2.45) is 5.73 Å². The van der Waals surface area contributed by atoms with Gasteiger partial charge in [-0.1, -0.05) is 0 Å². The number of amides is 1. The van der Waals surface area contributed by atoms with Crippen LogP contribution in [0.2, 0.25) is 0 Å². The van der Waals surface area contributed by atoms with E-state index in [9.17, 15) is 4.79 Å². The number of hydrogen-bond acceptors (Lipinski definition) is 3. The topological polar surface area (TPSA) is 68.3 Å². The van der Waals surface area contributed by atoms with Gasteiger partial charge in [0.25, 0.3) is 5.91 Å². The normalized spacial score (nSPS) is 23.3. The summed E-state index contributed by atoms with van der Waals surface area (Å²) in [6.45, 7) is 3.67. The lowest BCUT2D eigenvalue weighted by molar-refractivity contribution is 0.0924. The molecule has 102 valence electrons. The van der Waals surface area contributed by atoms with Gasteiger partial charge in [0.2, 0.25) is 0 Å². The molecule has 0 bridgehead atoms. The van der Waals surface area contributed by atoms with Crippen molar-refractivity contribution < 1.29 is 9.21 Å². The zero-order valence-corrected chi connectivity index (χ0v) is 11.7. The van der Waals surface area contributed by atoms with E-state index >= 15 is 0 Å². The second kappa shape index (κ2) is 6.25. The van der Waals surface area contributed by atoms with Gasteiger partial charge in [-0.25, -0.2) is 0 Å². The van der Waals surface area contributed by atoms with Crippen molar-refractivity contribution in [3.8, 4) is 0 Å². The fraction of sp³-hybridized carbons (Fsp3) is 0.615. The van der Waals surface area contributed by atoms with Crippen LogP contribution in [0.15, 0.2) is 10.5 Å². The summed E-state index contributed by atoms with van der Waals surface area (Å²) >= 11 is 0. The number of aryl methyl sites for hydroxylation is 2. The van der Waals surface area contributed by atoms with Crippen molar-refractivity contribution in [3.63, 3.8) is 0 Å². The number of rotatable bonds is 2. The Kier molecular flexibility index (Phi) is 5.23. The van der Waals surface area contributed by atoms with Gasteiger partial charge in [-0.05, 0) is 45.6 Å². The molecule has 0 saturated heterocycles. The third-order valence-corrected chi connectivity index (χ3v) is 3.39. The fourth-order valence-corrected chi connectivity index (χ4v) is 2.38. The van der Waals surface area contributed by atoms with E-state index in [1.807, 2.05) is 13.8 Å². The molecule has 0 aliphatic heterocycles. The molecule has 1 saturated carbocycles. The highest BCUT2D eigenvalue weighted by Crippen LogP contribution is 2.19. The highest BCUT2D eigenvalue weighted by molar-refractivity contribution is 5.95. The van der Waals surface area contributed by atoms with Crippen LogP contribution in [0.3, 0.4) is 0 Å². The maximum absolute atomic E-state index is 12.0. The molecule has 5 heteroatoms. The molecule has 0 radical (unpaired) electrons. The number of furan rings is 1. The molecule has 1 aromatic rings. The Bertz CT molecular complexity index is 409. The summed E-state index contributed by atoms with van der Waals surface area (Å²) < 4.78 is 5.36. The van der Waals surface area contributed by atoms with Gasteiger partial charge >= 0.3 is 0 Å². The second-order valence-electron chi connectivity index (χ2n) is 4.91. The van der Waals surface area contributed by atoms with E-state index in [4.69, 9.17) is 10.2 Å². The first-order valence-corrected chi connectivity index (χ1v) is 6.19. The van der Waals surface area contributed by atoms with Crippen LogP contribution < -0.4 is 11.1 Å². The number of nitrogens with one attached hydrogen (secondary N) is 1. The van der Waals surface area contributed by atoms with Crippen LogP contribution >= 0.6 is 12.4 Å². The first kappa shape index (κ1) is 15.1. The van der Waals surface area contributed by atoms with Gasteiger partial charge in [0.1, 0.15) is 11.5 Å². The molecular weight excluding hydrogens is 252 g/mol. The summed E-state index contributed by atoms with van der Waals surface area (Å²) in [5.74, 6) is 1.44. The molecule has 18 heavy (non-hydrogen) atoms. The van der Waals surface area contributed by atoms with Crippen molar-refractivity contribution in [1.82, 2.24) is 5.32 Å². The molecule has 4 nitrogen and oxygen atoms in total. The molecule has 1 fully saturated rings. The lowest BCUT2D eigenvalue weighted by Crippen LogP contribution is -2.40. The summed E-state index contributed by atoms with van der Waals surface area (Å²) in [6.07, 6.45) is 3.94. The first-order valence-electron chi connectivity index (χ1n) is 6.19. The number of hydrogen-bond donors (Lipinski definition) is 2. The van der Waals surface area contributed by atoms with E-state index < -0.39 is 0 Å². The molecule has 0 spiro atoms. The maximum Gasteiger partial charge on any atom is 0.255 e. The average Bonchev–Trinajstić information content (AvgIpc) is 2.61. The van der Waals surface area contributed by atoms with Gasteiger partial charge in [-0.2, -0.15) is 0 Å². The van der Waals surface area contributed by atoms with Crippen LogP contribution in [0.1, 0.15) is 47.6 Å². The zero-order valence-electron chi connectivity index (χ0n) is 10.9. The van der Waals surface area contributed by atoms with Crippen molar-refractivity contribution in [3.05, 3.63) is 23.2 Å². The van der Waals surface area contributed by atoms with Crippen LogP contribution in [0.4, 0.5) is 0 Å². The van der Waals surface area contributed by atoms with Gasteiger partial charge in [-0.15, -0.1) is 12.4 Å². The molecule has 1 aliphatic rings. The monoisotopic (exact) mass is 272 g/mol. The summed E-state index contributed by atoms with van der Waals surface area (Å²) in [6, 6.07) is 2.36. The Hall–Kier alpha value is -1.000. The van der Waals surface area contributed by atoms with E-state index in [0.29, 0.717) is 17.4 Å². The van der Waals surface area contributed by atoms with Gasteiger partial charge < -0.3 is 15.5 Å². The lowest BCUT2D eigenvalue weighted by atomic mass is 9.91. The Morgan fingerprint density at radius 3 is 2.44 bits per heavy atom. The summed E-state index contributed by atoms with van der Waals surface area (Å²) in [7, 11) is 0. The second-order valence-corrected chi connectivity index (χ2v) is 4.91. The minimum absolute atomic E-state index is 0. The minimum Gasteiger partial charge on any atom is -0.466 e. The summed E-state index contributed by atoms with van der Waals surface area (Å²) in [5, 5.41) is 3.06. The fourth-order valence-electron chi connectivity index (χ4n) is 2.38. The average molecular weight is 273 g/mol. The number of carbonyl (C=O) groups is 1. The van der Waals surface area contributed by atoms with E-state index in [1.54, 1.807) is 6.07 Å². The Labute approximate surface area is 114 Å². The number of carbonyl (C=O) groups excluding carboxylic acids is 1. The molecule has 3 N–H and O–H groups in total. The van der Waals surface area contributed by atoms with E-state index in [0.717, 1.165) is 31.4 Å². The van der Waals surface area contributed by atoms with Gasteiger partial charge in [0, 0.05) is 12.1 Å². The highest BCUT2D eigenvalue weighted by Gasteiger charge is 2.22. The molecule has 1 aromatic heterocycles. The lowest BCUT2D eigenvalue weighted by Gasteiger charge is -2.26. The molecule has 0 aromatic carbocycles. The zero-order chi connectivity index (χ0) is 12.4. The third-order valence-electron chi connectivity index (χ3n) is 3.39. The van der Waals surface area contributed by atoms with Crippen molar-refractivity contribution in [2.45, 2.75) is 51.6 Å². The smallest absolute Gasteiger partial charge is 0.255 e. The minimum atomic E-state index is -0.0279. The SMILES string of the molecule is Cc1cc(C(=O)NC2CCC(N)CC2)c(C)o1.Cl. The summed E-state index contributed by atoms with van der Waals surface area (Å²) in [5.41, 5.74) is 6.49. The molecule has 1 aliphatic carbocycles. The summed E-state index contributed by atoms with van der Waals surface area (Å²) in [4.78, 5) is 12.0. The van der Waals surface area contributed by atoms with E-state index in [1.165, 1.54) is 0 Å². The Balaban J connectivity index is 0.00000162. The van der Waals surface area contributed by atoms with Gasteiger partial charge in [0.15, 0.2) is 0 Å². The van der Waals surface area contributed by atoms with Gasteiger partial charge in [0.05, 0.1) is 5.56 Å². The van der Waals surface area contributed by atoms with Crippen molar-refractivity contribution in [2.75, 3.05) is 0 Å². The van der Waals surface area contributed by atoms with Crippen molar-refractivity contribution in [1.29, 1.82) is 0 Å². The third kappa shape index (κ3) is 3.50. The molecule has 0 unspecified atom stereocenters. The standard InChI is InChI=1S/C13H20N2O2.ClH/c1-8-7-12(9(2)17-8)13(16)15-11-5-3-10(14)4-6-11;/h7,10-11H,3-6,14H2,1-2H3,(H,15,16);1H. The molecule has 0 atom stereocenters. The molecule has 1 amide bonds. The molecule has 1 heterocycles. The Morgan fingerprint density at radius 2 is 1.94 bits per heavy atom. The first-order chi connectivity index (χ1) is 8.06. The predicted octanol–water partition coefficient (Wildman–Crippen LogP) is 2.32. The number of halogens is 1. The van der Waals surface area contributed by atoms with Crippen LogP contribution in [0.5, 0.6) is 0 Å². The van der Waals surface area contributed by atoms with Crippen molar-refractivity contribution >= 4 is 18.3 Å². The highest BCUT2D eigenvalue weighted by atomic mass is 35.5. The van der Waals surface area contributed by atoms with Gasteiger partial charge in [-0.3, -0.25) is 4.79 Å². The van der Waals surface area contributed by atoms with Crippen LogP contribution in [-0.4, -0.2) is 18.0 Å². The molecular formula is C13H21ClN2O2. The predicted molar refractivity (Wildman–Crippen MR) is 73.1 cm³/mol. The van der Waals surface area contributed by atoms with Crippen LogP contribution in [-0.2, 0) is 0 Å². The largest absolute Gasteiger partial charge is 0.466 e. The van der Waals surface area contributed by atoms with E-state index in [-0.39, 0.29) is 24.4 Å². The van der Waals surface area contributed by atoms with E-state index in [2.05, 4.69) is 5.32 Å². The maximum atomic E-state index is 12.0. The molecule has 2 rings (SSSR count). The van der Waals surface area contributed by atoms with Crippen LogP contribution in [0, 0.1) is 13.8 Å². The number of nitrogens with two attached hydrogens (primary N) is 1.